The van der Waals surface area contributed by atoms with Crippen LogP contribution in [0.1, 0.15) is 30.1 Å². The standard InChI is InChI=1S/C21H23N3O2S2/c1-14-18(28-16-5-3-2-4-6-16)12-23-20(24-21-22-8-10-27-21)19(14)17-11-15(13-25)7-9-26-17/h2-6,8,10,12,15,17,25H,7,9,11,13H2,1H3,(H,22,23,24). The third-order valence-electron chi connectivity index (χ3n) is 4.94. The first-order valence-corrected chi connectivity index (χ1v) is 11.1. The van der Waals surface area contributed by atoms with Crippen molar-refractivity contribution in [3.05, 3.63) is 59.2 Å². The van der Waals surface area contributed by atoms with Crippen LogP contribution < -0.4 is 5.32 Å². The number of rotatable bonds is 6. The summed E-state index contributed by atoms with van der Waals surface area (Å²) in [6, 6.07) is 10.3. The first-order chi connectivity index (χ1) is 13.7. The van der Waals surface area contributed by atoms with Gasteiger partial charge in [0.05, 0.1) is 6.10 Å². The molecule has 28 heavy (non-hydrogen) atoms. The van der Waals surface area contributed by atoms with Crippen molar-refractivity contribution in [1.82, 2.24) is 9.97 Å². The van der Waals surface area contributed by atoms with Crippen molar-refractivity contribution in [2.45, 2.75) is 35.7 Å². The predicted octanol–water partition coefficient (Wildman–Crippen LogP) is 5.20. The minimum absolute atomic E-state index is 0.0859. The molecule has 7 heteroatoms. The topological polar surface area (TPSA) is 67.3 Å². The van der Waals surface area contributed by atoms with Crippen LogP contribution >= 0.6 is 23.1 Å². The highest BCUT2D eigenvalue weighted by molar-refractivity contribution is 7.99. The lowest BCUT2D eigenvalue weighted by Gasteiger charge is -2.31. The van der Waals surface area contributed by atoms with E-state index in [9.17, 15) is 5.11 Å². The largest absolute Gasteiger partial charge is 0.396 e. The van der Waals surface area contributed by atoms with Crippen LogP contribution in [0.15, 0.2) is 57.9 Å². The van der Waals surface area contributed by atoms with Gasteiger partial charge < -0.3 is 15.2 Å². The zero-order valence-electron chi connectivity index (χ0n) is 15.7. The SMILES string of the molecule is Cc1c(Sc2ccccc2)cnc(Nc2nccs2)c1C1CC(CO)CCO1. The van der Waals surface area contributed by atoms with Gasteiger partial charge in [-0.1, -0.05) is 30.0 Å². The number of benzene rings is 1. The van der Waals surface area contributed by atoms with Crippen LogP contribution in [0.25, 0.3) is 0 Å². The molecule has 2 N–H and O–H groups in total. The second-order valence-electron chi connectivity index (χ2n) is 6.82. The number of hydrogen-bond acceptors (Lipinski definition) is 7. The average molecular weight is 414 g/mol. The van der Waals surface area contributed by atoms with Gasteiger partial charge in [-0.15, -0.1) is 11.3 Å². The van der Waals surface area contributed by atoms with Gasteiger partial charge in [0.1, 0.15) is 5.82 Å². The number of hydrogen-bond donors (Lipinski definition) is 2. The Morgan fingerprint density at radius 1 is 1.29 bits per heavy atom. The fourth-order valence-electron chi connectivity index (χ4n) is 3.43. The maximum Gasteiger partial charge on any atom is 0.188 e. The van der Waals surface area contributed by atoms with Crippen molar-refractivity contribution >= 4 is 34.0 Å². The number of nitrogens with one attached hydrogen (secondary N) is 1. The molecule has 0 radical (unpaired) electrons. The Morgan fingerprint density at radius 3 is 2.89 bits per heavy atom. The Kier molecular flexibility index (Phi) is 6.26. The van der Waals surface area contributed by atoms with Crippen molar-refractivity contribution in [3.8, 4) is 0 Å². The number of nitrogens with zero attached hydrogens (tertiary/aromatic N) is 2. The number of aliphatic hydroxyl groups is 1. The van der Waals surface area contributed by atoms with Gasteiger partial charge in [0.25, 0.3) is 0 Å². The number of anilines is 2. The van der Waals surface area contributed by atoms with Crippen molar-refractivity contribution in [2.75, 3.05) is 18.5 Å². The van der Waals surface area contributed by atoms with Crippen molar-refractivity contribution < 1.29 is 9.84 Å². The molecule has 146 valence electrons. The second kappa shape index (κ2) is 9.05. The van der Waals surface area contributed by atoms with Gasteiger partial charge >= 0.3 is 0 Å². The molecule has 0 saturated carbocycles. The highest BCUT2D eigenvalue weighted by Gasteiger charge is 2.28. The van der Waals surface area contributed by atoms with E-state index in [1.807, 2.05) is 29.8 Å². The van der Waals surface area contributed by atoms with E-state index in [1.165, 1.54) is 4.90 Å². The summed E-state index contributed by atoms with van der Waals surface area (Å²) in [7, 11) is 0. The fourth-order valence-corrected chi connectivity index (χ4v) is 4.87. The second-order valence-corrected chi connectivity index (χ2v) is 8.83. The normalized spacial score (nSPS) is 19.5. The van der Waals surface area contributed by atoms with Crippen LogP contribution in [-0.4, -0.2) is 28.3 Å². The summed E-state index contributed by atoms with van der Waals surface area (Å²) in [6.07, 6.45) is 5.30. The van der Waals surface area contributed by atoms with Crippen LogP contribution in [0.4, 0.5) is 10.9 Å². The van der Waals surface area contributed by atoms with Crippen molar-refractivity contribution in [3.63, 3.8) is 0 Å². The van der Waals surface area contributed by atoms with E-state index in [4.69, 9.17) is 9.72 Å². The molecule has 0 spiro atoms. The Morgan fingerprint density at radius 2 is 2.14 bits per heavy atom. The molecule has 2 atom stereocenters. The molecule has 1 aliphatic heterocycles. The van der Waals surface area contributed by atoms with Gasteiger partial charge in [-0.05, 0) is 43.4 Å². The molecule has 4 rings (SSSR count). The monoisotopic (exact) mass is 413 g/mol. The van der Waals surface area contributed by atoms with Crippen LogP contribution in [0.5, 0.6) is 0 Å². The molecule has 3 heterocycles. The van der Waals surface area contributed by atoms with E-state index in [0.717, 1.165) is 39.8 Å². The summed E-state index contributed by atoms with van der Waals surface area (Å²) >= 11 is 3.25. The third-order valence-corrected chi connectivity index (χ3v) is 6.77. The lowest BCUT2D eigenvalue weighted by atomic mass is 9.91. The molecule has 2 unspecified atom stereocenters. The highest BCUT2D eigenvalue weighted by atomic mass is 32.2. The quantitative estimate of drug-likeness (QED) is 0.579. The zero-order chi connectivity index (χ0) is 19.3. The summed E-state index contributed by atoms with van der Waals surface area (Å²) in [5.74, 6) is 1.05. The van der Waals surface area contributed by atoms with Crippen molar-refractivity contribution in [1.29, 1.82) is 0 Å². The van der Waals surface area contributed by atoms with Crippen LogP contribution in [-0.2, 0) is 4.74 Å². The predicted molar refractivity (Wildman–Crippen MR) is 113 cm³/mol. The molecule has 5 nitrogen and oxygen atoms in total. The molecule has 1 aliphatic rings. The van der Waals surface area contributed by atoms with E-state index in [2.05, 4.69) is 29.4 Å². The van der Waals surface area contributed by atoms with E-state index >= 15 is 0 Å². The number of thiazole rings is 1. The lowest BCUT2D eigenvalue weighted by Crippen LogP contribution is -2.23. The van der Waals surface area contributed by atoms with E-state index in [-0.39, 0.29) is 18.6 Å². The Balaban J connectivity index is 1.70. The van der Waals surface area contributed by atoms with Gasteiger partial charge in [0.2, 0.25) is 0 Å². The fraction of sp³-hybridized carbons (Fsp3) is 0.333. The van der Waals surface area contributed by atoms with Crippen LogP contribution in [0.3, 0.4) is 0 Å². The van der Waals surface area contributed by atoms with Crippen LogP contribution in [0.2, 0.25) is 0 Å². The first kappa shape index (κ1) is 19.4. The highest BCUT2D eigenvalue weighted by Crippen LogP contribution is 2.41. The molecule has 3 aromatic rings. The van der Waals surface area contributed by atoms with Gasteiger partial charge in [-0.2, -0.15) is 0 Å². The number of pyridine rings is 1. The van der Waals surface area contributed by atoms with E-state index in [1.54, 1.807) is 29.3 Å². The Labute approximate surface area is 173 Å². The Bertz CT molecular complexity index is 904. The summed E-state index contributed by atoms with van der Waals surface area (Å²) < 4.78 is 6.12. The molecule has 1 fully saturated rings. The van der Waals surface area contributed by atoms with Gasteiger partial charge in [0.15, 0.2) is 5.13 Å². The average Bonchev–Trinajstić information content (AvgIpc) is 3.24. The summed E-state index contributed by atoms with van der Waals surface area (Å²) in [5.41, 5.74) is 2.22. The lowest BCUT2D eigenvalue weighted by molar-refractivity contribution is -0.0227. The summed E-state index contributed by atoms with van der Waals surface area (Å²) in [4.78, 5) is 11.3. The Hall–Kier alpha value is -1.93. The molecule has 1 saturated heterocycles. The molecular weight excluding hydrogens is 390 g/mol. The number of ether oxygens (including phenoxy) is 1. The van der Waals surface area contributed by atoms with E-state index in [0.29, 0.717) is 6.61 Å². The third kappa shape index (κ3) is 4.38. The summed E-state index contributed by atoms with van der Waals surface area (Å²) in [6.45, 7) is 2.98. The van der Waals surface area contributed by atoms with Gasteiger partial charge in [-0.3, -0.25) is 0 Å². The first-order valence-electron chi connectivity index (χ1n) is 9.36. The van der Waals surface area contributed by atoms with Crippen LogP contribution in [0, 0.1) is 12.8 Å². The molecule has 0 bridgehead atoms. The molecule has 1 aromatic carbocycles. The number of aliphatic hydroxyl groups excluding tert-OH is 1. The van der Waals surface area contributed by atoms with Gasteiger partial charge in [-0.25, -0.2) is 9.97 Å². The number of aromatic nitrogens is 2. The molecular formula is C21H23N3O2S2. The molecule has 0 amide bonds. The minimum Gasteiger partial charge on any atom is -0.396 e. The minimum atomic E-state index is -0.0859. The van der Waals surface area contributed by atoms with Gasteiger partial charge in [0, 0.05) is 46.3 Å². The van der Waals surface area contributed by atoms with E-state index < -0.39 is 0 Å². The summed E-state index contributed by atoms with van der Waals surface area (Å²) in [5, 5.41) is 15.8. The maximum atomic E-state index is 9.65. The molecule has 0 aliphatic carbocycles. The molecule has 2 aromatic heterocycles. The zero-order valence-corrected chi connectivity index (χ0v) is 17.3. The smallest absolute Gasteiger partial charge is 0.188 e. The van der Waals surface area contributed by atoms with Crippen molar-refractivity contribution in [2.24, 2.45) is 5.92 Å². The maximum absolute atomic E-state index is 9.65.